The first-order valence-electron chi connectivity index (χ1n) is 10.6. The summed E-state index contributed by atoms with van der Waals surface area (Å²) in [5.74, 6) is 0.897. The molecule has 2 aliphatic carbocycles. The van der Waals surface area contributed by atoms with Crippen molar-refractivity contribution >= 4 is 0 Å². The second kappa shape index (κ2) is 6.86. The van der Waals surface area contributed by atoms with Gasteiger partial charge in [-0.3, -0.25) is 4.90 Å². The Kier molecular flexibility index (Phi) is 4.94. The molecule has 0 bridgehead atoms. The van der Waals surface area contributed by atoms with Crippen molar-refractivity contribution in [3.8, 4) is 0 Å². The standard InChI is InChI=1S/C20H38N4/c1-17(2)24-14-11-22-20(16-24)9-5-18(20)6-12-23-13-10-21-19(15-23)7-3-4-8-19/h17-18,21-22H,3-16H2,1-2H3. The Bertz CT molecular complexity index is 431. The van der Waals surface area contributed by atoms with Gasteiger partial charge in [0.05, 0.1) is 0 Å². The van der Waals surface area contributed by atoms with E-state index in [9.17, 15) is 0 Å². The fraction of sp³-hybridized carbons (Fsp3) is 1.00. The second-order valence-corrected chi connectivity index (χ2v) is 9.36. The van der Waals surface area contributed by atoms with Crippen molar-refractivity contribution in [3.05, 3.63) is 0 Å². The maximum Gasteiger partial charge on any atom is 0.0338 e. The highest BCUT2D eigenvalue weighted by Gasteiger charge is 2.49. The smallest absolute Gasteiger partial charge is 0.0338 e. The number of piperazine rings is 2. The average molecular weight is 335 g/mol. The van der Waals surface area contributed by atoms with E-state index in [-0.39, 0.29) is 0 Å². The van der Waals surface area contributed by atoms with Gasteiger partial charge in [0.15, 0.2) is 0 Å². The molecule has 138 valence electrons. The molecule has 0 amide bonds. The van der Waals surface area contributed by atoms with E-state index in [1.54, 1.807) is 0 Å². The third kappa shape index (κ3) is 3.27. The van der Waals surface area contributed by atoms with Crippen molar-refractivity contribution in [2.24, 2.45) is 5.92 Å². The third-order valence-corrected chi connectivity index (χ3v) is 7.62. The first-order chi connectivity index (χ1) is 11.6. The number of nitrogens with zero attached hydrogens (tertiary/aromatic N) is 2. The first kappa shape index (κ1) is 17.3. The summed E-state index contributed by atoms with van der Waals surface area (Å²) < 4.78 is 0. The van der Waals surface area contributed by atoms with Gasteiger partial charge in [-0.25, -0.2) is 0 Å². The van der Waals surface area contributed by atoms with E-state index < -0.39 is 0 Å². The summed E-state index contributed by atoms with van der Waals surface area (Å²) in [7, 11) is 0. The topological polar surface area (TPSA) is 30.5 Å². The molecule has 4 heteroatoms. The molecule has 4 fully saturated rings. The van der Waals surface area contributed by atoms with E-state index in [4.69, 9.17) is 0 Å². The molecule has 0 aromatic rings. The Morgan fingerprint density at radius 2 is 1.79 bits per heavy atom. The van der Waals surface area contributed by atoms with E-state index in [1.807, 2.05) is 0 Å². The van der Waals surface area contributed by atoms with Crippen molar-refractivity contribution in [1.82, 2.24) is 20.4 Å². The Morgan fingerprint density at radius 1 is 1.00 bits per heavy atom. The summed E-state index contributed by atoms with van der Waals surface area (Å²) in [6.07, 6.45) is 9.91. The Hall–Kier alpha value is -0.160. The summed E-state index contributed by atoms with van der Waals surface area (Å²) >= 11 is 0. The molecule has 24 heavy (non-hydrogen) atoms. The van der Waals surface area contributed by atoms with Gasteiger partial charge in [0.2, 0.25) is 0 Å². The van der Waals surface area contributed by atoms with E-state index in [0.717, 1.165) is 5.92 Å². The van der Waals surface area contributed by atoms with Crippen molar-refractivity contribution in [2.45, 2.75) is 75.9 Å². The van der Waals surface area contributed by atoms with Gasteiger partial charge in [0.25, 0.3) is 0 Å². The summed E-state index contributed by atoms with van der Waals surface area (Å²) in [5.41, 5.74) is 0.925. The Balaban J connectivity index is 1.30. The Labute approximate surface area is 148 Å². The average Bonchev–Trinajstić information content (AvgIpc) is 3.02. The molecular weight excluding hydrogens is 296 g/mol. The molecule has 0 radical (unpaired) electrons. The highest BCUT2D eigenvalue weighted by molar-refractivity contribution is 5.07. The van der Waals surface area contributed by atoms with Gasteiger partial charge in [-0.05, 0) is 58.4 Å². The maximum absolute atomic E-state index is 3.93. The van der Waals surface area contributed by atoms with Gasteiger partial charge in [-0.1, -0.05) is 12.8 Å². The van der Waals surface area contributed by atoms with Crippen LogP contribution in [-0.4, -0.2) is 72.7 Å². The largest absolute Gasteiger partial charge is 0.309 e. The van der Waals surface area contributed by atoms with Gasteiger partial charge in [-0.2, -0.15) is 0 Å². The molecule has 2 spiro atoms. The molecule has 4 rings (SSSR count). The lowest BCUT2D eigenvalue weighted by Crippen LogP contribution is -2.69. The molecule has 2 aliphatic heterocycles. The van der Waals surface area contributed by atoms with Gasteiger partial charge in [0, 0.05) is 56.4 Å². The molecule has 2 unspecified atom stereocenters. The Morgan fingerprint density at radius 3 is 2.50 bits per heavy atom. The molecule has 2 atom stereocenters. The minimum absolute atomic E-state index is 0.446. The van der Waals surface area contributed by atoms with Crippen LogP contribution in [0.1, 0.15) is 58.8 Å². The maximum atomic E-state index is 3.93. The molecule has 4 aliphatic rings. The second-order valence-electron chi connectivity index (χ2n) is 9.36. The lowest BCUT2D eigenvalue weighted by Gasteiger charge is -2.56. The minimum Gasteiger partial charge on any atom is -0.309 e. The van der Waals surface area contributed by atoms with E-state index in [0.29, 0.717) is 17.1 Å². The quantitative estimate of drug-likeness (QED) is 0.824. The lowest BCUT2D eigenvalue weighted by molar-refractivity contribution is -0.0105. The molecule has 2 N–H and O–H groups in total. The van der Waals surface area contributed by atoms with Gasteiger partial charge in [-0.15, -0.1) is 0 Å². The van der Waals surface area contributed by atoms with Crippen LogP contribution in [0.25, 0.3) is 0 Å². The van der Waals surface area contributed by atoms with Gasteiger partial charge in [0.1, 0.15) is 0 Å². The lowest BCUT2D eigenvalue weighted by atomic mass is 9.64. The zero-order chi connectivity index (χ0) is 16.6. The monoisotopic (exact) mass is 334 g/mol. The number of hydrogen-bond donors (Lipinski definition) is 2. The van der Waals surface area contributed by atoms with E-state index in [1.165, 1.54) is 90.8 Å². The zero-order valence-electron chi connectivity index (χ0n) is 15.9. The number of hydrogen-bond acceptors (Lipinski definition) is 4. The van der Waals surface area contributed by atoms with E-state index >= 15 is 0 Å². The fourth-order valence-corrected chi connectivity index (χ4v) is 5.90. The third-order valence-electron chi connectivity index (χ3n) is 7.62. The molecule has 0 aromatic heterocycles. The summed E-state index contributed by atoms with van der Waals surface area (Å²) in [4.78, 5) is 5.47. The van der Waals surface area contributed by atoms with Gasteiger partial charge >= 0.3 is 0 Å². The first-order valence-corrected chi connectivity index (χ1v) is 10.6. The highest BCUT2D eigenvalue weighted by atomic mass is 15.3. The predicted molar refractivity (Wildman–Crippen MR) is 100 cm³/mol. The molecule has 2 saturated heterocycles. The van der Waals surface area contributed by atoms with Crippen LogP contribution < -0.4 is 10.6 Å². The van der Waals surface area contributed by atoms with Gasteiger partial charge < -0.3 is 15.5 Å². The van der Waals surface area contributed by atoms with E-state index in [2.05, 4.69) is 34.3 Å². The summed E-state index contributed by atoms with van der Waals surface area (Å²) in [6.45, 7) is 13.5. The van der Waals surface area contributed by atoms with Crippen LogP contribution in [0.5, 0.6) is 0 Å². The van der Waals surface area contributed by atoms with Crippen LogP contribution in [-0.2, 0) is 0 Å². The van der Waals surface area contributed by atoms with Crippen LogP contribution in [0.15, 0.2) is 0 Å². The van der Waals surface area contributed by atoms with Crippen LogP contribution in [0.3, 0.4) is 0 Å². The SMILES string of the molecule is CC(C)N1CCNC2(CCC2CCN2CCNC3(CCCC3)C2)C1. The normalized spacial score (nSPS) is 37.4. The van der Waals surface area contributed by atoms with Crippen LogP contribution in [0, 0.1) is 5.92 Å². The molecule has 2 heterocycles. The van der Waals surface area contributed by atoms with Crippen LogP contribution in [0.2, 0.25) is 0 Å². The summed E-state index contributed by atoms with van der Waals surface area (Å²) in [5, 5.41) is 7.79. The molecular formula is C20H38N4. The summed E-state index contributed by atoms with van der Waals surface area (Å²) in [6, 6.07) is 0.695. The minimum atomic E-state index is 0.446. The molecule has 0 aromatic carbocycles. The fourth-order valence-electron chi connectivity index (χ4n) is 5.90. The van der Waals surface area contributed by atoms with Crippen molar-refractivity contribution in [1.29, 1.82) is 0 Å². The number of nitrogens with one attached hydrogen (secondary N) is 2. The number of rotatable bonds is 4. The molecule has 2 saturated carbocycles. The predicted octanol–water partition coefficient (Wildman–Crippen LogP) is 2.06. The molecule has 4 nitrogen and oxygen atoms in total. The van der Waals surface area contributed by atoms with Crippen molar-refractivity contribution in [3.63, 3.8) is 0 Å². The van der Waals surface area contributed by atoms with Crippen molar-refractivity contribution in [2.75, 3.05) is 45.8 Å². The van der Waals surface area contributed by atoms with Crippen LogP contribution >= 0.6 is 0 Å². The van der Waals surface area contributed by atoms with Crippen LogP contribution in [0.4, 0.5) is 0 Å². The highest BCUT2D eigenvalue weighted by Crippen LogP contribution is 2.43. The van der Waals surface area contributed by atoms with Crippen molar-refractivity contribution < 1.29 is 0 Å². The zero-order valence-corrected chi connectivity index (χ0v) is 15.9.